The van der Waals surface area contributed by atoms with Gasteiger partial charge in [0.25, 0.3) is 0 Å². The van der Waals surface area contributed by atoms with Crippen molar-refractivity contribution in [3.05, 3.63) is 148 Å². The van der Waals surface area contributed by atoms with Crippen LogP contribution in [0.1, 0.15) is 27.7 Å². The lowest BCUT2D eigenvalue weighted by Crippen LogP contribution is -2.41. The van der Waals surface area contributed by atoms with Crippen LogP contribution in [0.15, 0.2) is 148 Å². The van der Waals surface area contributed by atoms with Crippen molar-refractivity contribution in [2.75, 3.05) is 0 Å². The smallest absolute Gasteiger partial charge is 0.398 e. The molecule has 1 fully saturated rings. The van der Waals surface area contributed by atoms with Gasteiger partial charge in [0.2, 0.25) is 0 Å². The summed E-state index contributed by atoms with van der Waals surface area (Å²) in [7, 11) is -0.456. The molecule has 0 spiro atoms. The number of aromatic nitrogens is 4. The van der Waals surface area contributed by atoms with Crippen LogP contribution in [0.4, 0.5) is 0 Å². The van der Waals surface area contributed by atoms with Crippen LogP contribution in [0, 0.1) is 0 Å². The van der Waals surface area contributed by atoms with Crippen molar-refractivity contribution in [2.45, 2.75) is 38.9 Å². The van der Waals surface area contributed by atoms with Crippen molar-refractivity contribution in [1.82, 2.24) is 19.9 Å². The molecule has 6 aromatic carbocycles. The van der Waals surface area contributed by atoms with Gasteiger partial charge in [-0.3, -0.25) is 15.0 Å². The predicted molar refractivity (Wildman–Crippen MR) is 271 cm³/mol. The maximum atomic E-state index is 5.97. The maximum absolute atomic E-state index is 5.97. The first-order chi connectivity index (χ1) is 30.1. The molecule has 6 aromatic heterocycles. The first-order valence-electron chi connectivity index (χ1n) is 20.2. The average Bonchev–Trinajstić information content (AvgIpc) is 4.13. The summed E-state index contributed by atoms with van der Waals surface area (Å²) >= 11 is 10.8. The van der Waals surface area contributed by atoms with Crippen molar-refractivity contribution in [3.63, 3.8) is 0 Å². The first kappa shape index (κ1) is 39.7. The van der Waals surface area contributed by atoms with Crippen LogP contribution in [0.3, 0.4) is 0 Å². The third kappa shape index (κ3) is 7.08. The Hall–Kier alpha value is -5.18. The van der Waals surface area contributed by atoms with Crippen molar-refractivity contribution in [1.29, 1.82) is 0 Å². The highest BCUT2D eigenvalue weighted by atomic mass is 79.9. The highest BCUT2D eigenvalue weighted by Crippen LogP contribution is 2.42. The number of hydrogen-bond acceptors (Lipinski definition) is 10. The van der Waals surface area contributed by atoms with E-state index in [1.165, 1.54) is 65.7 Å². The zero-order valence-corrected chi connectivity index (χ0v) is 38.9. The summed E-state index contributed by atoms with van der Waals surface area (Å²) in [5.41, 5.74) is 4.55. The average molecular weight is 944 g/mol. The second-order valence-electron chi connectivity index (χ2n) is 16.2. The van der Waals surface area contributed by atoms with Gasteiger partial charge in [0.15, 0.2) is 0 Å². The van der Waals surface area contributed by atoms with Gasteiger partial charge in [-0.15, -0.1) is 45.3 Å². The molecule has 0 N–H and O–H groups in total. The van der Waals surface area contributed by atoms with E-state index in [9.17, 15) is 0 Å². The monoisotopic (exact) mass is 942 g/mol. The Balaban J connectivity index is 0.000000108. The molecule has 302 valence electrons. The Morgan fingerprint density at radius 3 is 1.58 bits per heavy atom. The minimum absolute atomic E-state index is 0.356. The van der Waals surface area contributed by atoms with Crippen molar-refractivity contribution in [3.8, 4) is 10.6 Å². The SMILES string of the molecule is Brc1cc2ccc3c(ccc4ccsc43)c2s1.CC1(C)OB(c2cnc3ccccc3n2)OC1(C)C.c1ccc2nc(-c3cc4ccc5c(ccc6ccsc65)c4s3)cnc2c1. The molecule has 0 saturated carbocycles. The van der Waals surface area contributed by atoms with Crippen LogP contribution in [0.2, 0.25) is 0 Å². The van der Waals surface area contributed by atoms with E-state index < -0.39 is 7.12 Å². The van der Waals surface area contributed by atoms with E-state index in [1.807, 2.05) is 116 Å². The van der Waals surface area contributed by atoms with E-state index in [4.69, 9.17) is 14.3 Å². The van der Waals surface area contributed by atoms with E-state index >= 15 is 0 Å². The fraction of sp³-hybridized carbons (Fsp3) is 0.120. The molecule has 13 rings (SSSR count). The van der Waals surface area contributed by atoms with Crippen molar-refractivity contribution in [2.24, 2.45) is 0 Å². The predicted octanol–water partition coefficient (Wildman–Crippen LogP) is 14.8. The minimum atomic E-state index is -0.456. The summed E-state index contributed by atoms with van der Waals surface area (Å²) in [5, 5.41) is 15.0. The first-order valence-corrected chi connectivity index (χ1v) is 24.4. The molecule has 7 heterocycles. The Labute approximate surface area is 382 Å². The number of hydrogen-bond donors (Lipinski definition) is 0. The van der Waals surface area contributed by atoms with Crippen LogP contribution in [0.25, 0.3) is 94.5 Å². The van der Waals surface area contributed by atoms with E-state index in [0.717, 1.165) is 38.2 Å². The Kier molecular flexibility index (Phi) is 9.96. The number of para-hydroxylation sites is 4. The molecule has 0 unspecified atom stereocenters. The van der Waals surface area contributed by atoms with Crippen molar-refractivity contribution >= 4 is 158 Å². The van der Waals surface area contributed by atoms with Gasteiger partial charge in [-0.25, -0.2) is 4.98 Å². The van der Waals surface area contributed by atoms with E-state index in [2.05, 4.69) is 114 Å². The number of nitrogens with zero attached hydrogens (tertiary/aromatic N) is 4. The second kappa shape index (κ2) is 15.6. The van der Waals surface area contributed by atoms with Gasteiger partial charge in [0.05, 0.1) is 59.4 Å². The lowest BCUT2D eigenvalue weighted by atomic mass is 9.85. The van der Waals surface area contributed by atoms with Gasteiger partial charge in [0, 0.05) is 46.5 Å². The van der Waals surface area contributed by atoms with Crippen molar-refractivity contribution < 1.29 is 9.31 Å². The Bertz CT molecular complexity index is 3650. The van der Waals surface area contributed by atoms with Gasteiger partial charge in [-0.05, 0) is 124 Å². The molecule has 12 heteroatoms. The number of halogens is 1. The van der Waals surface area contributed by atoms with Gasteiger partial charge in [-0.2, -0.15) is 0 Å². The highest BCUT2D eigenvalue weighted by molar-refractivity contribution is 9.11. The summed E-state index contributed by atoms with van der Waals surface area (Å²) in [4.78, 5) is 19.5. The zero-order valence-electron chi connectivity index (χ0n) is 34.1. The molecule has 0 atom stereocenters. The molecule has 12 aromatic rings. The summed E-state index contributed by atoms with van der Waals surface area (Å²) in [6, 6.07) is 42.5. The van der Waals surface area contributed by atoms with Gasteiger partial charge in [0.1, 0.15) is 0 Å². The van der Waals surface area contributed by atoms with Crippen LogP contribution in [-0.4, -0.2) is 38.3 Å². The fourth-order valence-corrected chi connectivity index (χ4v) is 12.5. The van der Waals surface area contributed by atoms with Crippen LogP contribution in [0.5, 0.6) is 0 Å². The topological polar surface area (TPSA) is 70.0 Å². The van der Waals surface area contributed by atoms with E-state index in [-0.39, 0.29) is 11.2 Å². The Morgan fingerprint density at radius 2 is 0.984 bits per heavy atom. The summed E-state index contributed by atoms with van der Waals surface area (Å²) in [5.74, 6) is 0. The summed E-state index contributed by atoms with van der Waals surface area (Å²) in [6.45, 7) is 8.12. The second-order valence-corrected chi connectivity index (χ2v) is 21.6. The molecular weight excluding hydrogens is 908 g/mol. The fourth-order valence-electron chi connectivity index (χ4n) is 7.88. The molecule has 1 aliphatic heterocycles. The molecular formula is C50H36BBrN4O2S4. The van der Waals surface area contributed by atoms with E-state index in [0.29, 0.717) is 0 Å². The van der Waals surface area contributed by atoms with Gasteiger partial charge in [-0.1, -0.05) is 72.8 Å². The molecule has 0 bridgehead atoms. The third-order valence-corrected chi connectivity index (χ3v) is 16.6. The summed E-state index contributed by atoms with van der Waals surface area (Å²) in [6.07, 6.45) is 3.61. The molecule has 0 radical (unpaired) electrons. The minimum Gasteiger partial charge on any atom is -0.398 e. The van der Waals surface area contributed by atoms with Gasteiger partial charge >= 0.3 is 7.12 Å². The van der Waals surface area contributed by atoms with Crippen LogP contribution in [-0.2, 0) is 9.31 Å². The third-order valence-electron chi connectivity index (χ3n) is 11.8. The zero-order chi connectivity index (χ0) is 42.2. The molecule has 1 saturated heterocycles. The number of benzene rings is 6. The van der Waals surface area contributed by atoms with Crippen LogP contribution < -0.4 is 5.59 Å². The molecule has 0 aliphatic carbocycles. The summed E-state index contributed by atoms with van der Waals surface area (Å²) < 4.78 is 18.6. The quantitative estimate of drug-likeness (QED) is 0.161. The highest BCUT2D eigenvalue weighted by Gasteiger charge is 2.52. The molecule has 6 nitrogen and oxygen atoms in total. The lowest BCUT2D eigenvalue weighted by Gasteiger charge is -2.32. The van der Waals surface area contributed by atoms with Gasteiger partial charge < -0.3 is 9.31 Å². The number of fused-ring (bicyclic) bond motifs is 12. The molecule has 1 aliphatic rings. The number of rotatable bonds is 2. The van der Waals surface area contributed by atoms with E-state index in [1.54, 1.807) is 17.5 Å². The van der Waals surface area contributed by atoms with Crippen LogP contribution >= 0.6 is 61.3 Å². The molecule has 0 amide bonds. The Morgan fingerprint density at radius 1 is 0.500 bits per heavy atom. The standard InChI is InChI=1S/C22H12N2S2.C14H17BN2O2.C14H7BrS2/c1-2-4-18-17(3-1)23-12-19(24-18)20-11-14-6-8-15-16(22(14)26-20)7-5-13-9-10-25-21(13)15;1-13(2)14(3,4)19-15(18-13)12-9-16-10-7-5-6-8-11(10)17-12;15-12-7-9-2-4-10-11(14(9)17-12)3-1-8-5-6-16-13(8)10/h1-12H;5-9H,1-4H3;1-7H. The normalized spacial score (nSPS) is 14.6. The maximum Gasteiger partial charge on any atom is 0.516 e. The largest absolute Gasteiger partial charge is 0.516 e. The molecule has 62 heavy (non-hydrogen) atoms. The number of thiophene rings is 4. The lowest BCUT2D eigenvalue weighted by molar-refractivity contribution is 0.00578.